The summed E-state index contributed by atoms with van der Waals surface area (Å²) in [5, 5.41) is 4.93. The number of ketones is 1. The van der Waals surface area contributed by atoms with E-state index in [9.17, 15) is 18.0 Å². The molecule has 0 unspecified atom stereocenters. The highest BCUT2D eigenvalue weighted by molar-refractivity contribution is 7.91. The first-order valence-corrected chi connectivity index (χ1v) is 12.8. The molecule has 1 aliphatic heterocycles. The van der Waals surface area contributed by atoms with Gasteiger partial charge in [0.15, 0.2) is 5.78 Å². The van der Waals surface area contributed by atoms with E-state index in [-0.39, 0.29) is 28.0 Å². The minimum absolute atomic E-state index is 0.0988. The fourth-order valence-electron chi connectivity index (χ4n) is 3.71. The molecule has 1 aliphatic rings. The number of halogens is 1. The Kier molecular flexibility index (Phi) is 6.76. The fourth-order valence-corrected chi connectivity index (χ4v) is 6.55. The average molecular weight is 489 g/mol. The Labute approximate surface area is 195 Å². The lowest BCUT2D eigenvalue weighted by Gasteiger charge is -2.31. The lowest BCUT2D eigenvalue weighted by atomic mass is 9.97. The minimum Gasteiger partial charge on any atom is -0.325 e. The summed E-state index contributed by atoms with van der Waals surface area (Å²) in [6.45, 7) is 0.477. The molecular formula is C23H21ClN2O4S2. The predicted molar refractivity (Wildman–Crippen MR) is 126 cm³/mol. The van der Waals surface area contributed by atoms with E-state index in [1.54, 1.807) is 53.9 Å². The zero-order valence-electron chi connectivity index (χ0n) is 17.0. The average Bonchev–Trinajstić information content (AvgIpc) is 3.36. The van der Waals surface area contributed by atoms with Crippen LogP contribution >= 0.6 is 22.9 Å². The van der Waals surface area contributed by atoms with Gasteiger partial charge in [-0.3, -0.25) is 9.59 Å². The predicted octanol–water partition coefficient (Wildman–Crippen LogP) is 4.67. The number of carbonyl (C=O) groups is 2. The van der Waals surface area contributed by atoms with Crippen LogP contribution in [0.1, 0.15) is 28.8 Å². The Hall–Kier alpha value is -2.52. The SMILES string of the molecule is O=C(c1ccccc1)c1cc(Cl)ccc1NC(=O)[C@@H]1CCCN(S(=O)(=O)c2cccs2)C1. The lowest BCUT2D eigenvalue weighted by molar-refractivity contribution is -0.120. The maximum Gasteiger partial charge on any atom is 0.252 e. The Morgan fingerprint density at radius 2 is 1.84 bits per heavy atom. The summed E-state index contributed by atoms with van der Waals surface area (Å²) >= 11 is 7.27. The molecule has 2 aromatic carbocycles. The second kappa shape index (κ2) is 9.54. The minimum atomic E-state index is -3.62. The van der Waals surface area contributed by atoms with Crippen molar-refractivity contribution in [1.29, 1.82) is 0 Å². The molecule has 32 heavy (non-hydrogen) atoms. The first-order valence-electron chi connectivity index (χ1n) is 10.1. The number of benzene rings is 2. The van der Waals surface area contributed by atoms with Crippen molar-refractivity contribution in [2.75, 3.05) is 18.4 Å². The molecule has 6 nitrogen and oxygen atoms in total. The summed E-state index contributed by atoms with van der Waals surface area (Å²) in [5.74, 6) is -1.09. The van der Waals surface area contributed by atoms with Crippen LogP contribution in [0.25, 0.3) is 0 Å². The summed E-state index contributed by atoms with van der Waals surface area (Å²) in [5.41, 5.74) is 1.12. The molecule has 166 valence electrons. The summed E-state index contributed by atoms with van der Waals surface area (Å²) in [6.07, 6.45) is 1.15. The third-order valence-electron chi connectivity index (χ3n) is 5.36. The van der Waals surface area contributed by atoms with Crippen LogP contribution in [-0.4, -0.2) is 37.5 Å². The van der Waals surface area contributed by atoms with Crippen molar-refractivity contribution in [1.82, 2.24) is 4.31 Å². The van der Waals surface area contributed by atoms with Crippen molar-refractivity contribution in [2.24, 2.45) is 5.92 Å². The number of rotatable bonds is 6. The molecule has 1 atom stereocenters. The summed E-state index contributed by atoms with van der Waals surface area (Å²) in [6, 6.07) is 16.7. The molecule has 0 spiro atoms. The van der Waals surface area contributed by atoms with Crippen LogP contribution in [0.4, 0.5) is 5.69 Å². The number of piperidine rings is 1. The first kappa shape index (κ1) is 22.7. The van der Waals surface area contributed by atoms with Crippen LogP contribution in [0.15, 0.2) is 70.3 Å². The number of sulfonamides is 1. The van der Waals surface area contributed by atoms with Crippen molar-refractivity contribution in [3.63, 3.8) is 0 Å². The van der Waals surface area contributed by atoms with Crippen molar-refractivity contribution in [3.8, 4) is 0 Å². The molecule has 0 aliphatic carbocycles. The highest BCUT2D eigenvalue weighted by atomic mass is 35.5. The number of hydrogen-bond acceptors (Lipinski definition) is 5. The van der Waals surface area contributed by atoms with Gasteiger partial charge in [0.1, 0.15) is 4.21 Å². The van der Waals surface area contributed by atoms with Crippen LogP contribution in [0, 0.1) is 5.92 Å². The molecule has 0 radical (unpaired) electrons. The van der Waals surface area contributed by atoms with Crippen molar-refractivity contribution >= 4 is 50.3 Å². The lowest BCUT2D eigenvalue weighted by Crippen LogP contribution is -2.43. The molecule has 1 aromatic heterocycles. The molecule has 9 heteroatoms. The van der Waals surface area contributed by atoms with Gasteiger partial charge in [0.25, 0.3) is 10.0 Å². The van der Waals surface area contributed by atoms with E-state index >= 15 is 0 Å². The van der Waals surface area contributed by atoms with Gasteiger partial charge in [-0.15, -0.1) is 11.3 Å². The third-order valence-corrected chi connectivity index (χ3v) is 8.84. The molecule has 2 heterocycles. The van der Waals surface area contributed by atoms with Gasteiger partial charge in [-0.25, -0.2) is 8.42 Å². The van der Waals surface area contributed by atoms with Gasteiger partial charge in [0, 0.05) is 29.2 Å². The van der Waals surface area contributed by atoms with Crippen LogP contribution in [-0.2, 0) is 14.8 Å². The number of thiophene rings is 1. The standard InChI is InChI=1S/C23H21ClN2O4S2/c24-18-10-11-20(19(14-18)22(27)16-6-2-1-3-7-16)25-23(28)17-8-4-12-26(15-17)32(29,30)21-9-5-13-31-21/h1-3,5-7,9-11,13-14,17H,4,8,12,15H2,(H,25,28)/t17-/m1/s1. The maximum absolute atomic E-state index is 13.0. The highest BCUT2D eigenvalue weighted by Crippen LogP contribution is 2.28. The van der Waals surface area contributed by atoms with E-state index < -0.39 is 15.9 Å². The van der Waals surface area contributed by atoms with Gasteiger partial charge in [0.05, 0.1) is 11.6 Å². The summed E-state index contributed by atoms with van der Waals surface area (Å²) in [4.78, 5) is 26.0. The van der Waals surface area contributed by atoms with Crippen molar-refractivity contribution < 1.29 is 18.0 Å². The van der Waals surface area contributed by atoms with Gasteiger partial charge >= 0.3 is 0 Å². The Morgan fingerprint density at radius 1 is 1.06 bits per heavy atom. The van der Waals surface area contributed by atoms with Crippen LogP contribution in [0.2, 0.25) is 5.02 Å². The van der Waals surface area contributed by atoms with Gasteiger partial charge in [0.2, 0.25) is 5.91 Å². The fraction of sp³-hybridized carbons (Fsp3) is 0.217. The third kappa shape index (κ3) is 4.78. The van der Waals surface area contributed by atoms with Gasteiger partial charge in [-0.2, -0.15) is 4.31 Å². The van der Waals surface area contributed by atoms with E-state index in [2.05, 4.69) is 5.32 Å². The van der Waals surface area contributed by atoms with E-state index in [1.165, 1.54) is 10.4 Å². The van der Waals surface area contributed by atoms with Crippen LogP contribution in [0.5, 0.6) is 0 Å². The molecule has 4 rings (SSSR count). The molecule has 1 amide bonds. The highest BCUT2D eigenvalue weighted by Gasteiger charge is 2.34. The second-order valence-corrected chi connectivity index (χ2v) is 11.1. The van der Waals surface area contributed by atoms with Gasteiger partial charge in [-0.05, 0) is 42.5 Å². The monoisotopic (exact) mass is 488 g/mol. The number of amides is 1. The Balaban J connectivity index is 1.54. The molecule has 1 fully saturated rings. The van der Waals surface area contributed by atoms with E-state index in [4.69, 9.17) is 11.6 Å². The zero-order valence-corrected chi connectivity index (χ0v) is 19.4. The topological polar surface area (TPSA) is 83.6 Å². The van der Waals surface area contributed by atoms with Gasteiger partial charge in [-0.1, -0.05) is 48.0 Å². The van der Waals surface area contributed by atoms with E-state index in [0.717, 1.165) is 11.3 Å². The molecule has 0 saturated carbocycles. The largest absolute Gasteiger partial charge is 0.325 e. The molecule has 1 saturated heterocycles. The second-order valence-electron chi connectivity index (χ2n) is 7.51. The van der Waals surface area contributed by atoms with Crippen molar-refractivity contribution in [2.45, 2.75) is 17.1 Å². The number of anilines is 1. The quantitative estimate of drug-likeness (QED) is 0.511. The van der Waals surface area contributed by atoms with Crippen LogP contribution in [0.3, 0.4) is 0 Å². The molecule has 1 N–H and O–H groups in total. The number of nitrogens with zero attached hydrogens (tertiary/aromatic N) is 1. The zero-order chi connectivity index (χ0) is 22.7. The van der Waals surface area contributed by atoms with Crippen molar-refractivity contribution in [3.05, 3.63) is 82.2 Å². The molecule has 3 aromatic rings. The van der Waals surface area contributed by atoms with Gasteiger partial charge < -0.3 is 5.32 Å². The first-order chi connectivity index (χ1) is 15.4. The van der Waals surface area contributed by atoms with Crippen LogP contribution < -0.4 is 5.32 Å². The maximum atomic E-state index is 13.0. The summed E-state index contributed by atoms with van der Waals surface area (Å²) in [7, 11) is -3.62. The Bertz CT molecular complexity index is 1230. The number of hydrogen-bond donors (Lipinski definition) is 1. The Morgan fingerprint density at radius 3 is 2.56 bits per heavy atom. The molecular weight excluding hydrogens is 468 g/mol. The summed E-state index contributed by atoms with van der Waals surface area (Å²) < 4.78 is 27.4. The molecule has 0 bridgehead atoms. The number of nitrogens with one attached hydrogen (secondary N) is 1. The van der Waals surface area contributed by atoms with E-state index in [0.29, 0.717) is 35.7 Å². The number of carbonyl (C=O) groups excluding carboxylic acids is 2. The normalized spacial score (nSPS) is 17.1. The smallest absolute Gasteiger partial charge is 0.252 e. The van der Waals surface area contributed by atoms with E-state index in [1.807, 2.05) is 6.07 Å².